The molecular formula is C21H17F3O4S. The van der Waals surface area contributed by atoms with Gasteiger partial charge in [0.15, 0.2) is 5.75 Å². The lowest BCUT2D eigenvalue weighted by Crippen LogP contribution is -2.03. The number of hydrogen-bond acceptors (Lipinski definition) is 5. The Balaban J connectivity index is 1.62. The number of halogens is 3. The highest BCUT2D eigenvalue weighted by Gasteiger charge is 2.30. The highest BCUT2D eigenvalue weighted by molar-refractivity contribution is 7.98. The van der Waals surface area contributed by atoms with Gasteiger partial charge in [-0.3, -0.25) is 9.78 Å². The van der Waals surface area contributed by atoms with Crippen LogP contribution in [0.2, 0.25) is 0 Å². The molecule has 0 amide bonds. The zero-order valence-electron chi connectivity index (χ0n) is 15.6. The van der Waals surface area contributed by atoms with Gasteiger partial charge in [-0.05, 0) is 55.0 Å². The first-order valence-corrected chi connectivity index (χ1v) is 9.56. The third kappa shape index (κ3) is 5.57. The van der Waals surface area contributed by atoms with Crippen LogP contribution in [-0.4, -0.2) is 5.97 Å². The summed E-state index contributed by atoms with van der Waals surface area (Å²) < 4.78 is 43.7. The summed E-state index contributed by atoms with van der Waals surface area (Å²) in [6, 6.07) is 13.8. The summed E-state index contributed by atoms with van der Waals surface area (Å²) in [4.78, 5) is 21.2. The van der Waals surface area contributed by atoms with Crippen molar-refractivity contribution in [1.82, 2.24) is 0 Å². The first-order valence-electron chi connectivity index (χ1n) is 8.57. The van der Waals surface area contributed by atoms with E-state index in [4.69, 9.17) is 9.30 Å². The highest BCUT2D eigenvalue weighted by atomic mass is 32.2. The zero-order chi connectivity index (χ0) is 21.0. The van der Waals surface area contributed by atoms with E-state index < -0.39 is 17.7 Å². The van der Waals surface area contributed by atoms with E-state index in [0.717, 1.165) is 22.6 Å². The minimum absolute atomic E-state index is 0.451. The van der Waals surface area contributed by atoms with Gasteiger partial charge in [-0.15, -0.1) is 11.8 Å². The molecule has 2 aromatic carbocycles. The number of hydrogen-bond donors (Lipinski definition) is 0. The fraction of sp³-hybridized carbons (Fsp3) is 0.190. The molecule has 1 aromatic heterocycles. The first kappa shape index (κ1) is 20.9. The number of alkyl halides is 3. The molecule has 152 valence electrons. The van der Waals surface area contributed by atoms with Crippen molar-refractivity contribution < 1.29 is 32.2 Å². The summed E-state index contributed by atoms with van der Waals surface area (Å²) in [5.74, 6) is 1.67. The second kappa shape index (κ2) is 8.65. The van der Waals surface area contributed by atoms with E-state index in [-0.39, 0.29) is 0 Å². The Kier molecular flexibility index (Phi) is 6.22. The predicted molar refractivity (Wildman–Crippen MR) is 102 cm³/mol. The van der Waals surface area contributed by atoms with Crippen LogP contribution in [0.5, 0.6) is 5.75 Å². The van der Waals surface area contributed by atoms with Crippen molar-refractivity contribution in [2.45, 2.75) is 30.7 Å². The average molecular weight is 422 g/mol. The molecule has 3 aromatic rings. The summed E-state index contributed by atoms with van der Waals surface area (Å²) in [5, 5.41) is 0. The Morgan fingerprint density at radius 1 is 1.07 bits per heavy atom. The second-order valence-corrected chi connectivity index (χ2v) is 7.26. The Morgan fingerprint density at radius 2 is 1.79 bits per heavy atom. The van der Waals surface area contributed by atoms with Crippen molar-refractivity contribution in [3.05, 3.63) is 71.5 Å². The first-order chi connectivity index (χ1) is 13.7. The van der Waals surface area contributed by atoms with Crippen LogP contribution in [0.3, 0.4) is 0 Å². The Labute approximate surface area is 169 Å². The summed E-state index contributed by atoms with van der Waals surface area (Å²) in [7, 11) is 0. The van der Waals surface area contributed by atoms with Crippen molar-refractivity contribution >= 4 is 17.7 Å². The van der Waals surface area contributed by atoms with Crippen LogP contribution in [0.4, 0.5) is 13.2 Å². The number of carbonyl (C=O) groups excluding carboxylic acids is 1. The molecule has 4 nitrogen and oxygen atoms in total. The molecule has 0 unspecified atom stereocenters. The van der Waals surface area contributed by atoms with Gasteiger partial charge < -0.3 is 4.42 Å². The van der Waals surface area contributed by atoms with Gasteiger partial charge in [0.2, 0.25) is 0 Å². The second-order valence-electron chi connectivity index (χ2n) is 6.22. The van der Waals surface area contributed by atoms with Crippen molar-refractivity contribution in [2.75, 3.05) is 0 Å². The predicted octanol–water partition coefficient (Wildman–Crippen LogP) is 6.42. The van der Waals surface area contributed by atoms with Gasteiger partial charge in [-0.1, -0.05) is 12.1 Å². The van der Waals surface area contributed by atoms with Crippen molar-refractivity contribution in [3.8, 4) is 17.1 Å². The molecule has 0 spiro atoms. The quantitative estimate of drug-likeness (QED) is 0.261. The summed E-state index contributed by atoms with van der Waals surface area (Å²) in [5.41, 5.74) is 0.693. The van der Waals surface area contributed by atoms with Gasteiger partial charge in [0.25, 0.3) is 0 Å². The molecule has 29 heavy (non-hydrogen) atoms. The monoisotopic (exact) mass is 422 g/mol. The Bertz CT molecular complexity index is 994. The standard InChI is InChI=1S/C21H17F3O4S/c1-13-11-18(8-10-19(13)28-27-14(2)25)29-12-17-7-9-20(26-17)15-3-5-16(6-4-15)21(22,23)24/h3-11H,12H2,1-2H3. The van der Waals surface area contributed by atoms with Crippen LogP contribution in [0.15, 0.2) is 63.9 Å². The van der Waals surface area contributed by atoms with E-state index in [9.17, 15) is 18.0 Å². The van der Waals surface area contributed by atoms with E-state index in [0.29, 0.717) is 28.6 Å². The van der Waals surface area contributed by atoms with E-state index in [2.05, 4.69) is 4.89 Å². The molecule has 0 aliphatic heterocycles. The number of thioether (sulfide) groups is 1. The molecule has 0 radical (unpaired) electrons. The van der Waals surface area contributed by atoms with Gasteiger partial charge in [0.1, 0.15) is 11.5 Å². The SMILES string of the molecule is CC(=O)OOc1ccc(SCc2ccc(-c3ccc(C(F)(F)F)cc3)o2)cc1C. The molecule has 0 bridgehead atoms. The Morgan fingerprint density at radius 3 is 2.41 bits per heavy atom. The van der Waals surface area contributed by atoms with Crippen LogP contribution in [-0.2, 0) is 21.6 Å². The lowest BCUT2D eigenvalue weighted by atomic mass is 10.1. The maximum Gasteiger partial charge on any atom is 0.416 e. The topological polar surface area (TPSA) is 48.7 Å². The van der Waals surface area contributed by atoms with Crippen LogP contribution >= 0.6 is 11.8 Å². The van der Waals surface area contributed by atoms with Crippen molar-refractivity contribution in [3.63, 3.8) is 0 Å². The fourth-order valence-corrected chi connectivity index (χ4v) is 3.39. The number of carbonyl (C=O) groups is 1. The number of aryl methyl sites for hydroxylation is 1. The zero-order valence-corrected chi connectivity index (χ0v) is 16.4. The van der Waals surface area contributed by atoms with Crippen LogP contribution in [0, 0.1) is 6.92 Å². The lowest BCUT2D eigenvalue weighted by molar-refractivity contribution is -0.211. The van der Waals surface area contributed by atoms with Crippen LogP contribution < -0.4 is 4.89 Å². The molecule has 8 heteroatoms. The summed E-state index contributed by atoms with van der Waals surface area (Å²) in [6.07, 6.45) is -4.36. The molecule has 0 aliphatic carbocycles. The van der Waals surface area contributed by atoms with Crippen molar-refractivity contribution in [2.24, 2.45) is 0 Å². The third-order valence-corrected chi connectivity index (χ3v) is 4.95. The number of furan rings is 1. The lowest BCUT2D eigenvalue weighted by Gasteiger charge is -2.07. The molecule has 0 atom stereocenters. The summed E-state index contributed by atoms with van der Waals surface area (Å²) >= 11 is 1.53. The number of rotatable bonds is 6. The van der Waals surface area contributed by atoms with Gasteiger partial charge in [-0.25, -0.2) is 4.79 Å². The smallest absolute Gasteiger partial charge is 0.416 e. The minimum Gasteiger partial charge on any atom is -0.460 e. The normalized spacial score (nSPS) is 11.3. The molecule has 3 rings (SSSR count). The maximum absolute atomic E-state index is 12.7. The van der Waals surface area contributed by atoms with Gasteiger partial charge >= 0.3 is 12.1 Å². The van der Waals surface area contributed by atoms with Gasteiger partial charge in [0, 0.05) is 17.4 Å². The molecule has 0 saturated carbocycles. The van der Waals surface area contributed by atoms with E-state index in [1.54, 1.807) is 18.2 Å². The maximum atomic E-state index is 12.7. The third-order valence-electron chi connectivity index (χ3n) is 3.93. The Hall–Kier alpha value is -2.87. The van der Waals surface area contributed by atoms with E-state index in [1.807, 2.05) is 19.1 Å². The molecule has 0 saturated heterocycles. The van der Waals surface area contributed by atoms with E-state index in [1.165, 1.54) is 30.8 Å². The molecule has 0 N–H and O–H groups in total. The molecule has 0 fully saturated rings. The molecular weight excluding hydrogens is 405 g/mol. The highest BCUT2D eigenvalue weighted by Crippen LogP contribution is 2.33. The van der Waals surface area contributed by atoms with Crippen molar-refractivity contribution in [1.29, 1.82) is 0 Å². The van der Waals surface area contributed by atoms with Crippen LogP contribution in [0.1, 0.15) is 23.8 Å². The number of benzene rings is 2. The molecule has 0 aliphatic rings. The molecule has 1 heterocycles. The van der Waals surface area contributed by atoms with Gasteiger partial charge in [0.05, 0.1) is 11.3 Å². The average Bonchev–Trinajstić information content (AvgIpc) is 3.14. The minimum atomic E-state index is -4.36. The largest absolute Gasteiger partial charge is 0.460 e. The van der Waals surface area contributed by atoms with Crippen LogP contribution in [0.25, 0.3) is 11.3 Å². The van der Waals surface area contributed by atoms with E-state index >= 15 is 0 Å². The van der Waals surface area contributed by atoms with Gasteiger partial charge in [-0.2, -0.15) is 13.2 Å². The fourth-order valence-electron chi connectivity index (χ4n) is 2.50. The summed E-state index contributed by atoms with van der Waals surface area (Å²) in [6.45, 7) is 3.08.